The molecule has 0 aromatic carbocycles. The minimum Gasteiger partial charge on any atom is -0.385 e. The van der Waals surface area contributed by atoms with Crippen molar-refractivity contribution >= 4 is 10.0 Å². The Bertz CT molecular complexity index is 294. The second kappa shape index (κ2) is 11.6. The fourth-order valence-electron chi connectivity index (χ4n) is 1.73. The van der Waals surface area contributed by atoms with Crippen LogP contribution in [0.4, 0.5) is 0 Å². The summed E-state index contributed by atoms with van der Waals surface area (Å²) < 4.78 is 37.7. The van der Waals surface area contributed by atoms with Crippen LogP contribution in [0.3, 0.4) is 0 Å². The van der Waals surface area contributed by atoms with Crippen LogP contribution in [0.25, 0.3) is 0 Å². The van der Waals surface area contributed by atoms with E-state index in [4.69, 9.17) is 19.3 Å². The van der Waals surface area contributed by atoms with E-state index in [1.807, 2.05) is 6.92 Å². The highest BCUT2D eigenvalue weighted by molar-refractivity contribution is 7.89. The smallest absolute Gasteiger partial charge is 0.209 e. The Kier molecular flexibility index (Phi) is 11.5. The molecule has 0 heterocycles. The van der Waals surface area contributed by atoms with Crippen molar-refractivity contribution in [3.63, 3.8) is 0 Å². The molecule has 0 aromatic rings. The highest BCUT2D eigenvalue weighted by atomic mass is 32.2. The van der Waals surface area contributed by atoms with E-state index in [0.29, 0.717) is 33.0 Å². The van der Waals surface area contributed by atoms with Crippen molar-refractivity contribution in [2.75, 3.05) is 45.9 Å². The molecule has 0 saturated carbocycles. The fourth-order valence-corrected chi connectivity index (χ4v) is 2.65. The van der Waals surface area contributed by atoms with Gasteiger partial charge in [0.25, 0.3) is 0 Å². The normalized spacial score (nSPS) is 13.6. The van der Waals surface area contributed by atoms with Gasteiger partial charge < -0.3 is 14.2 Å². The Morgan fingerprint density at radius 2 is 1.79 bits per heavy atom. The molecule has 1 unspecified atom stereocenters. The molecule has 0 aliphatic rings. The summed E-state index contributed by atoms with van der Waals surface area (Å²) in [4.78, 5) is 0. The molecule has 2 N–H and O–H groups in total. The van der Waals surface area contributed by atoms with E-state index >= 15 is 0 Å². The van der Waals surface area contributed by atoms with Crippen LogP contribution in [-0.2, 0) is 24.2 Å². The first-order chi connectivity index (χ1) is 8.99. The first kappa shape index (κ1) is 18.8. The molecule has 6 nitrogen and oxygen atoms in total. The average molecular weight is 297 g/mol. The average Bonchev–Trinajstić information content (AvgIpc) is 2.31. The molecule has 0 radical (unpaired) electrons. The molecule has 0 bridgehead atoms. The van der Waals surface area contributed by atoms with Crippen molar-refractivity contribution in [2.45, 2.75) is 26.2 Å². The first-order valence-corrected chi connectivity index (χ1v) is 8.36. The van der Waals surface area contributed by atoms with Gasteiger partial charge in [-0.25, -0.2) is 13.6 Å². The SMILES string of the molecule is CCCC(COCCOCCCOC)CS(N)(=O)=O. The van der Waals surface area contributed by atoms with Crippen molar-refractivity contribution in [1.82, 2.24) is 0 Å². The van der Waals surface area contributed by atoms with Gasteiger partial charge in [0.15, 0.2) is 0 Å². The lowest BCUT2D eigenvalue weighted by molar-refractivity contribution is 0.0289. The van der Waals surface area contributed by atoms with Gasteiger partial charge in [0.1, 0.15) is 0 Å². The van der Waals surface area contributed by atoms with Crippen LogP contribution >= 0.6 is 0 Å². The van der Waals surface area contributed by atoms with E-state index < -0.39 is 10.0 Å². The van der Waals surface area contributed by atoms with Gasteiger partial charge in [-0.15, -0.1) is 0 Å². The lowest BCUT2D eigenvalue weighted by atomic mass is 10.1. The van der Waals surface area contributed by atoms with E-state index in [-0.39, 0.29) is 11.7 Å². The number of hydrogen-bond donors (Lipinski definition) is 1. The van der Waals surface area contributed by atoms with Crippen LogP contribution in [0.1, 0.15) is 26.2 Å². The highest BCUT2D eigenvalue weighted by Gasteiger charge is 2.15. The largest absolute Gasteiger partial charge is 0.385 e. The lowest BCUT2D eigenvalue weighted by Crippen LogP contribution is -2.26. The third-order valence-corrected chi connectivity index (χ3v) is 3.46. The van der Waals surface area contributed by atoms with Gasteiger partial charge in [-0.1, -0.05) is 13.3 Å². The van der Waals surface area contributed by atoms with Gasteiger partial charge in [0.2, 0.25) is 10.0 Å². The number of methoxy groups -OCH3 is 1. The highest BCUT2D eigenvalue weighted by Crippen LogP contribution is 2.09. The minimum absolute atomic E-state index is 0.0183. The third kappa shape index (κ3) is 14.0. The van der Waals surface area contributed by atoms with Crippen molar-refractivity contribution in [1.29, 1.82) is 0 Å². The zero-order valence-electron chi connectivity index (χ0n) is 12.0. The quantitative estimate of drug-likeness (QED) is 0.507. The molecule has 0 spiro atoms. The van der Waals surface area contributed by atoms with E-state index in [1.165, 1.54) is 0 Å². The van der Waals surface area contributed by atoms with Gasteiger partial charge in [-0.2, -0.15) is 0 Å². The van der Waals surface area contributed by atoms with Crippen LogP contribution in [0.15, 0.2) is 0 Å². The topological polar surface area (TPSA) is 87.8 Å². The molecule has 0 aliphatic heterocycles. The molecule has 0 saturated heterocycles. The number of primary sulfonamides is 1. The summed E-state index contributed by atoms with van der Waals surface area (Å²) >= 11 is 0. The molecule has 0 fully saturated rings. The Morgan fingerprint density at radius 3 is 2.37 bits per heavy atom. The summed E-state index contributed by atoms with van der Waals surface area (Å²) in [7, 11) is -1.77. The standard InChI is InChI=1S/C12H27NO5S/c1-3-5-12(11-19(13,14)15)10-18-9-8-17-7-4-6-16-2/h12H,3-11H2,1-2H3,(H2,13,14,15). The van der Waals surface area contributed by atoms with E-state index in [1.54, 1.807) is 7.11 Å². The predicted molar refractivity (Wildman–Crippen MR) is 74.5 cm³/mol. The summed E-state index contributed by atoms with van der Waals surface area (Å²) in [5, 5.41) is 5.05. The van der Waals surface area contributed by atoms with Crippen LogP contribution in [0.2, 0.25) is 0 Å². The number of ether oxygens (including phenoxy) is 3. The van der Waals surface area contributed by atoms with Crippen molar-refractivity contribution in [3.05, 3.63) is 0 Å². The molecule has 0 rings (SSSR count). The monoisotopic (exact) mass is 297 g/mol. The van der Waals surface area contributed by atoms with Gasteiger partial charge in [-0.3, -0.25) is 0 Å². The number of nitrogens with two attached hydrogens (primary N) is 1. The molecule has 0 aliphatic carbocycles. The maximum Gasteiger partial charge on any atom is 0.209 e. The van der Waals surface area contributed by atoms with Crippen LogP contribution in [0, 0.1) is 5.92 Å². The predicted octanol–water partition coefficient (Wildman–Crippen LogP) is 0.761. The van der Waals surface area contributed by atoms with Gasteiger partial charge >= 0.3 is 0 Å². The van der Waals surface area contributed by atoms with E-state index in [2.05, 4.69) is 0 Å². The second-order valence-corrected chi connectivity index (χ2v) is 6.18. The minimum atomic E-state index is -3.43. The van der Waals surface area contributed by atoms with Gasteiger partial charge in [-0.05, 0) is 18.8 Å². The lowest BCUT2D eigenvalue weighted by Gasteiger charge is -2.15. The number of rotatable bonds is 13. The molecule has 7 heteroatoms. The number of sulfonamides is 1. The zero-order valence-corrected chi connectivity index (χ0v) is 12.8. The Balaban J connectivity index is 3.59. The summed E-state index contributed by atoms with van der Waals surface area (Å²) in [5.41, 5.74) is 0. The van der Waals surface area contributed by atoms with Crippen molar-refractivity contribution in [3.8, 4) is 0 Å². The second-order valence-electron chi connectivity index (χ2n) is 4.52. The molecular formula is C12H27NO5S. The fraction of sp³-hybridized carbons (Fsp3) is 1.00. The zero-order chi connectivity index (χ0) is 14.6. The molecule has 19 heavy (non-hydrogen) atoms. The van der Waals surface area contributed by atoms with Crippen LogP contribution < -0.4 is 5.14 Å². The van der Waals surface area contributed by atoms with Crippen molar-refractivity contribution < 1.29 is 22.6 Å². The van der Waals surface area contributed by atoms with E-state index in [9.17, 15) is 8.42 Å². The molecule has 0 amide bonds. The summed E-state index contributed by atoms with van der Waals surface area (Å²) in [6.07, 6.45) is 2.57. The Labute approximate surface area is 116 Å². The number of hydrogen-bond acceptors (Lipinski definition) is 5. The van der Waals surface area contributed by atoms with Crippen LogP contribution in [0.5, 0.6) is 0 Å². The molecule has 116 valence electrons. The summed E-state index contributed by atoms with van der Waals surface area (Å²) in [6.45, 7) is 4.73. The molecular weight excluding hydrogens is 270 g/mol. The van der Waals surface area contributed by atoms with E-state index in [0.717, 1.165) is 19.3 Å². The van der Waals surface area contributed by atoms with Gasteiger partial charge in [0.05, 0.1) is 25.6 Å². The third-order valence-electron chi connectivity index (χ3n) is 2.53. The van der Waals surface area contributed by atoms with Gasteiger partial charge in [0, 0.05) is 20.3 Å². The Morgan fingerprint density at radius 1 is 1.11 bits per heavy atom. The van der Waals surface area contributed by atoms with Crippen LogP contribution in [-0.4, -0.2) is 54.3 Å². The first-order valence-electron chi connectivity index (χ1n) is 6.64. The maximum atomic E-state index is 11.0. The summed E-state index contributed by atoms with van der Waals surface area (Å²) in [5.74, 6) is -0.0521. The maximum absolute atomic E-state index is 11.0. The summed E-state index contributed by atoms with van der Waals surface area (Å²) in [6, 6.07) is 0. The van der Waals surface area contributed by atoms with Crippen molar-refractivity contribution in [2.24, 2.45) is 11.1 Å². The Hall–Kier alpha value is -0.210. The molecule has 1 atom stereocenters. The molecule has 0 aromatic heterocycles.